The van der Waals surface area contributed by atoms with Gasteiger partial charge in [0.15, 0.2) is 11.6 Å². The van der Waals surface area contributed by atoms with Crippen molar-refractivity contribution in [3.05, 3.63) is 11.6 Å². The van der Waals surface area contributed by atoms with Crippen molar-refractivity contribution in [2.24, 2.45) is 33.6 Å². The first kappa shape index (κ1) is 23.1. The van der Waals surface area contributed by atoms with Crippen LogP contribution in [0.3, 0.4) is 0 Å². The molecular formula is C25H35NO4S2. The van der Waals surface area contributed by atoms with E-state index in [0.29, 0.717) is 19.3 Å². The van der Waals surface area contributed by atoms with Crippen LogP contribution in [0.4, 0.5) is 0 Å². The second-order valence-electron chi connectivity index (χ2n) is 11.0. The summed E-state index contributed by atoms with van der Waals surface area (Å²) in [6.45, 7) is 5.11. The van der Waals surface area contributed by atoms with E-state index in [4.69, 9.17) is 0 Å². The zero-order valence-corrected chi connectivity index (χ0v) is 20.8. The second-order valence-corrected chi connectivity index (χ2v) is 13.3. The molecule has 4 aliphatic carbocycles. The topological polar surface area (TPSA) is 87.0 Å². The Morgan fingerprint density at radius 1 is 1.28 bits per heavy atom. The molecule has 0 aromatic rings. The molecule has 5 nitrogen and oxygen atoms in total. The van der Waals surface area contributed by atoms with Crippen LogP contribution in [0.15, 0.2) is 16.6 Å². The molecule has 176 valence electrons. The van der Waals surface area contributed by atoms with Gasteiger partial charge in [-0.05, 0) is 74.2 Å². The van der Waals surface area contributed by atoms with Crippen LogP contribution >= 0.6 is 23.5 Å². The van der Waals surface area contributed by atoms with E-state index in [2.05, 4.69) is 18.8 Å². The summed E-state index contributed by atoms with van der Waals surface area (Å²) >= 11 is 3.17. The standard InChI is InChI=1S/C25H35NO4S2/c1-23-8-6-16(27)12-15(23)4-5-17-18-7-9-25(30,24(18,2)13-19(28)21(17)23)20(29)14-32-22-26-10-3-11-31-22/h12,17-19,21,28,30H,3-11,13-14H2,1-2H3/t17?,18?,19-,21?,23?,24?,25-/m0/s1. The first-order valence-electron chi connectivity index (χ1n) is 12.2. The van der Waals surface area contributed by atoms with E-state index >= 15 is 0 Å². The highest BCUT2D eigenvalue weighted by molar-refractivity contribution is 8.39. The maximum absolute atomic E-state index is 13.4. The number of allylic oxidation sites excluding steroid dienone is 1. The van der Waals surface area contributed by atoms with Gasteiger partial charge in [0.25, 0.3) is 0 Å². The molecule has 5 rings (SSSR count). The minimum atomic E-state index is -1.38. The quantitative estimate of drug-likeness (QED) is 0.639. The molecule has 0 radical (unpaired) electrons. The zero-order chi connectivity index (χ0) is 22.7. The Labute approximate surface area is 199 Å². The maximum Gasteiger partial charge on any atom is 0.175 e. The number of aliphatic hydroxyl groups excluding tert-OH is 1. The molecule has 7 heteroatoms. The Bertz CT molecular complexity index is 887. The molecule has 1 aliphatic heterocycles. The predicted molar refractivity (Wildman–Crippen MR) is 130 cm³/mol. The molecule has 0 spiro atoms. The molecule has 5 aliphatic rings. The Morgan fingerprint density at radius 2 is 2.09 bits per heavy atom. The van der Waals surface area contributed by atoms with Gasteiger partial charge in [-0.3, -0.25) is 14.6 Å². The van der Waals surface area contributed by atoms with Gasteiger partial charge in [0.1, 0.15) is 9.98 Å². The van der Waals surface area contributed by atoms with Crippen LogP contribution in [-0.4, -0.2) is 55.9 Å². The van der Waals surface area contributed by atoms with Crippen molar-refractivity contribution >= 4 is 39.5 Å². The van der Waals surface area contributed by atoms with Crippen molar-refractivity contribution in [1.82, 2.24) is 0 Å². The zero-order valence-electron chi connectivity index (χ0n) is 19.1. The highest BCUT2D eigenvalue weighted by Gasteiger charge is 2.68. The van der Waals surface area contributed by atoms with Gasteiger partial charge in [0.2, 0.25) is 0 Å². The summed E-state index contributed by atoms with van der Waals surface area (Å²) in [5, 5.41) is 23.3. The first-order valence-corrected chi connectivity index (χ1v) is 14.1. The van der Waals surface area contributed by atoms with Gasteiger partial charge >= 0.3 is 0 Å². The summed E-state index contributed by atoms with van der Waals surface area (Å²) in [5.74, 6) is 2.03. The normalized spacial score (nSPS) is 45.9. The van der Waals surface area contributed by atoms with Gasteiger partial charge < -0.3 is 10.2 Å². The van der Waals surface area contributed by atoms with Crippen molar-refractivity contribution < 1.29 is 19.8 Å². The lowest BCUT2D eigenvalue weighted by Crippen LogP contribution is -2.62. The van der Waals surface area contributed by atoms with Crippen molar-refractivity contribution in [3.63, 3.8) is 0 Å². The number of hydrogen-bond donors (Lipinski definition) is 2. The number of rotatable bonds is 3. The van der Waals surface area contributed by atoms with Crippen LogP contribution < -0.4 is 0 Å². The molecule has 2 N–H and O–H groups in total. The minimum absolute atomic E-state index is 0.0992. The number of thioether (sulfide) groups is 2. The summed E-state index contributed by atoms with van der Waals surface area (Å²) in [7, 11) is 0. The molecule has 5 unspecified atom stereocenters. The van der Waals surface area contributed by atoms with E-state index in [9.17, 15) is 19.8 Å². The molecule has 0 aromatic heterocycles. The third-order valence-corrected chi connectivity index (χ3v) is 12.0. The first-order chi connectivity index (χ1) is 15.2. The fourth-order valence-corrected chi connectivity index (χ4v) is 9.99. The molecule has 0 aromatic carbocycles. The maximum atomic E-state index is 13.4. The highest BCUT2D eigenvalue weighted by atomic mass is 32.2. The van der Waals surface area contributed by atoms with Gasteiger partial charge in [-0.25, -0.2) is 0 Å². The monoisotopic (exact) mass is 477 g/mol. The van der Waals surface area contributed by atoms with Crippen LogP contribution in [0.1, 0.15) is 65.2 Å². The Hall–Kier alpha value is -0.630. The third kappa shape index (κ3) is 3.40. The lowest BCUT2D eigenvalue weighted by Gasteiger charge is -2.60. The van der Waals surface area contributed by atoms with Crippen LogP contribution in [0.25, 0.3) is 0 Å². The number of hydrogen-bond acceptors (Lipinski definition) is 7. The van der Waals surface area contributed by atoms with E-state index < -0.39 is 17.1 Å². The number of nitrogens with zero attached hydrogens (tertiary/aromatic N) is 1. The number of Topliss-reactive ketones (excluding diaryl/α,β-unsaturated/α-hetero) is 1. The van der Waals surface area contributed by atoms with Crippen LogP contribution in [0, 0.1) is 28.6 Å². The third-order valence-electron chi connectivity index (χ3n) is 9.61. The van der Waals surface area contributed by atoms with Crippen molar-refractivity contribution in [1.29, 1.82) is 0 Å². The van der Waals surface area contributed by atoms with E-state index in [0.717, 1.165) is 48.8 Å². The fraction of sp³-hybridized carbons (Fsp3) is 0.800. The summed E-state index contributed by atoms with van der Waals surface area (Å²) in [5.41, 5.74) is -0.913. The number of aliphatic imine (C=N–C) groups is 1. The smallest absolute Gasteiger partial charge is 0.175 e. The number of carbonyl (C=O) groups excluding carboxylic acids is 2. The van der Waals surface area contributed by atoms with Crippen molar-refractivity contribution in [2.45, 2.75) is 76.9 Å². The van der Waals surface area contributed by atoms with E-state index in [1.165, 1.54) is 17.3 Å². The summed E-state index contributed by atoms with van der Waals surface area (Å²) in [4.78, 5) is 30.0. The molecule has 0 saturated heterocycles. The molecule has 0 bridgehead atoms. The average molecular weight is 478 g/mol. The van der Waals surface area contributed by atoms with Gasteiger partial charge in [0.05, 0.1) is 11.9 Å². The summed E-state index contributed by atoms with van der Waals surface area (Å²) < 4.78 is 0.961. The SMILES string of the molecule is CC12CCC(=O)C=C1CCC1C2[C@@H](O)CC2(C)C1CC[C@]2(O)C(=O)CSC1=NCCCS1. The molecule has 1 heterocycles. The van der Waals surface area contributed by atoms with Gasteiger partial charge in [-0.2, -0.15) is 0 Å². The van der Waals surface area contributed by atoms with Crippen molar-refractivity contribution in [2.75, 3.05) is 18.1 Å². The van der Waals surface area contributed by atoms with Gasteiger partial charge in [-0.15, -0.1) is 0 Å². The summed E-state index contributed by atoms with van der Waals surface area (Å²) in [6.07, 6.45) is 7.32. The molecular weight excluding hydrogens is 442 g/mol. The largest absolute Gasteiger partial charge is 0.393 e. The lowest BCUT2D eigenvalue weighted by molar-refractivity contribution is -0.178. The fourth-order valence-electron chi connectivity index (χ4n) is 7.92. The molecule has 3 fully saturated rings. The predicted octanol–water partition coefficient (Wildman–Crippen LogP) is 4.02. The number of ketones is 2. The van der Waals surface area contributed by atoms with E-state index in [-0.39, 0.29) is 40.5 Å². The average Bonchev–Trinajstić information content (AvgIpc) is 3.04. The molecule has 0 amide bonds. The number of carbonyl (C=O) groups is 2. The Morgan fingerprint density at radius 3 is 2.84 bits per heavy atom. The number of fused-ring (bicyclic) bond motifs is 5. The highest BCUT2D eigenvalue weighted by Crippen LogP contribution is 2.67. The number of aliphatic hydroxyl groups is 2. The van der Waals surface area contributed by atoms with Gasteiger partial charge in [0, 0.05) is 24.1 Å². The molecule has 7 atom stereocenters. The van der Waals surface area contributed by atoms with Crippen LogP contribution in [-0.2, 0) is 9.59 Å². The van der Waals surface area contributed by atoms with Crippen molar-refractivity contribution in [3.8, 4) is 0 Å². The molecule has 32 heavy (non-hydrogen) atoms. The van der Waals surface area contributed by atoms with Gasteiger partial charge in [-0.1, -0.05) is 42.9 Å². The van der Waals surface area contributed by atoms with E-state index in [1.807, 2.05) is 6.08 Å². The second kappa shape index (κ2) is 8.24. The molecule has 3 saturated carbocycles. The summed E-state index contributed by atoms with van der Waals surface area (Å²) in [6, 6.07) is 0. The lowest BCUT2D eigenvalue weighted by atomic mass is 9.45. The Balaban J connectivity index is 1.39. The van der Waals surface area contributed by atoms with Crippen LogP contribution in [0.5, 0.6) is 0 Å². The van der Waals surface area contributed by atoms with E-state index in [1.54, 1.807) is 11.8 Å². The Kier molecular flexibility index (Phi) is 5.96. The van der Waals surface area contributed by atoms with Crippen LogP contribution in [0.2, 0.25) is 0 Å². The minimum Gasteiger partial charge on any atom is -0.393 e.